The van der Waals surface area contributed by atoms with Crippen LogP contribution in [0.15, 0.2) is 24.3 Å². The van der Waals surface area contributed by atoms with Crippen LogP contribution in [-0.2, 0) is 9.59 Å². The highest BCUT2D eigenvalue weighted by molar-refractivity contribution is 5.85. The number of hydrogen-bond donors (Lipinski definition) is 2. The highest BCUT2D eigenvalue weighted by Gasteiger charge is 1.94. The number of carboxylic acid groups (broad SMARTS) is 2. The maximum absolute atomic E-state index is 10.0. The maximum Gasteiger partial charge on any atom is 0.330 e. The van der Waals surface area contributed by atoms with Crippen molar-refractivity contribution in [1.29, 1.82) is 0 Å². The Kier molecular flexibility index (Phi) is 9.15. The molecule has 0 aromatic heterocycles. The molecule has 0 aliphatic rings. The quantitative estimate of drug-likeness (QED) is 0.657. The van der Waals surface area contributed by atoms with E-state index in [1.54, 1.807) is 13.0 Å². The number of aliphatic carboxylic acids is 2. The van der Waals surface area contributed by atoms with E-state index in [2.05, 4.69) is 6.58 Å². The molecule has 2 N–H and O–H groups in total. The van der Waals surface area contributed by atoms with Gasteiger partial charge in [0.25, 0.3) is 0 Å². The van der Waals surface area contributed by atoms with Crippen molar-refractivity contribution in [1.82, 2.24) is 0 Å². The van der Waals surface area contributed by atoms with Crippen LogP contribution in [0.2, 0.25) is 0 Å². The first kappa shape index (κ1) is 14.0. The number of hydrogen-bond acceptors (Lipinski definition) is 2. The van der Waals surface area contributed by atoms with Crippen LogP contribution in [0, 0.1) is 0 Å². The molecule has 0 unspecified atom stereocenters. The minimum absolute atomic E-state index is 0.424. The second kappa shape index (κ2) is 8.52. The van der Waals surface area contributed by atoms with Crippen molar-refractivity contribution in [2.75, 3.05) is 0 Å². The monoisotopic (exact) mass is 186 g/mol. The Labute approximate surface area is 77.2 Å². The molecule has 4 nitrogen and oxygen atoms in total. The van der Waals surface area contributed by atoms with Gasteiger partial charge in [-0.1, -0.05) is 19.6 Å². The van der Waals surface area contributed by atoms with Gasteiger partial charge in [0.15, 0.2) is 0 Å². The van der Waals surface area contributed by atoms with E-state index >= 15 is 0 Å². The molecule has 0 fully saturated rings. The lowest BCUT2D eigenvalue weighted by Gasteiger charge is -1.87. The molecule has 0 spiro atoms. The van der Waals surface area contributed by atoms with Crippen LogP contribution in [0.4, 0.5) is 0 Å². The summed E-state index contributed by atoms with van der Waals surface area (Å²) in [5.74, 6) is -1.81. The zero-order valence-electron chi connectivity index (χ0n) is 7.78. The van der Waals surface area contributed by atoms with Gasteiger partial charge in [-0.05, 0) is 13.3 Å². The Balaban J connectivity index is 0. The third-order valence-corrected chi connectivity index (χ3v) is 1.02. The van der Waals surface area contributed by atoms with Crippen LogP contribution in [0.25, 0.3) is 0 Å². The van der Waals surface area contributed by atoms with E-state index in [9.17, 15) is 9.59 Å². The van der Waals surface area contributed by atoms with Crippen molar-refractivity contribution in [3.8, 4) is 0 Å². The molecule has 4 heteroatoms. The molecule has 0 aromatic carbocycles. The topological polar surface area (TPSA) is 74.6 Å². The summed E-state index contributed by atoms with van der Waals surface area (Å²) in [7, 11) is 0. The lowest BCUT2D eigenvalue weighted by Crippen LogP contribution is -1.94. The molecule has 74 valence electrons. The predicted octanol–water partition coefficient (Wildman–Crippen LogP) is 1.68. The minimum Gasteiger partial charge on any atom is -0.478 e. The molecule has 0 saturated carbocycles. The fraction of sp³-hybridized carbons (Fsp3) is 0.333. The first-order chi connectivity index (χ1) is 5.95. The largest absolute Gasteiger partial charge is 0.478 e. The summed E-state index contributed by atoms with van der Waals surface area (Å²) >= 11 is 0. The second-order valence-corrected chi connectivity index (χ2v) is 2.14. The zero-order valence-corrected chi connectivity index (χ0v) is 7.78. The van der Waals surface area contributed by atoms with Crippen molar-refractivity contribution in [3.63, 3.8) is 0 Å². The van der Waals surface area contributed by atoms with E-state index in [0.29, 0.717) is 5.57 Å². The van der Waals surface area contributed by atoms with Crippen LogP contribution in [0.5, 0.6) is 0 Å². The molecule has 13 heavy (non-hydrogen) atoms. The van der Waals surface area contributed by atoms with E-state index in [-0.39, 0.29) is 0 Å². The summed E-state index contributed by atoms with van der Waals surface area (Å²) in [4.78, 5) is 19.3. The summed E-state index contributed by atoms with van der Waals surface area (Å²) in [5.41, 5.74) is 0.424. The molecule has 0 radical (unpaired) electrons. The van der Waals surface area contributed by atoms with Crippen molar-refractivity contribution < 1.29 is 19.8 Å². The van der Waals surface area contributed by atoms with Gasteiger partial charge in [0.2, 0.25) is 0 Å². The molecular formula is C9H14O4. The van der Waals surface area contributed by atoms with Crippen LogP contribution in [0.3, 0.4) is 0 Å². The Morgan fingerprint density at radius 3 is 1.85 bits per heavy atom. The molecule has 0 aromatic rings. The summed E-state index contributed by atoms with van der Waals surface area (Å²) in [5, 5.41) is 15.8. The second-order valence-electron chi connectivity index (χ2n) is 2.14. The fourth-order valence-electron chi connectivity index (χ4n) is 0.393. The van der Waals surface area contributed by atoms with Gasteiger partial charge in [-0.2, -0.15) is 0 Å². The molecule has 0 saturated heterocycles. The highest BCUT2D eigenvalue weighted by atomic mass is 16.4. The maximum atomic E-state index is 10.0. The van der Waals surface area contributed by atoms with Gasteiger partial charge < -0.3 is 10.2 Å². The molecule has 0 heterocycles. The molecular weight excluding hydrogens is 172 g/mol. The highest BCUT2D eigenvalue weighted by Crippen LogP contribution is 1.92. The van der Waals surface area contributed by atoms with Gasteiger partial charge in [-0.15, -0.1) is 0 Å². The minimum atomic E-state index is -0.981. The van der Waals surface area contributed by atoms with Crippen LogP contribution in [0.1, 0.15) is 20.3 Å². The van der Waals surface area contributed by atoms with E-state index in [1.807, 2.05) is 6.92 Å². The van der Waals surface area contributed by atoms with Gasteiger partial charge in [0, 0.05) is 11.6 Å². The first-order valence-electron chi connectivity index (χ1n) is 3.71. The van der Waals surface area contributed by atoms with Crippen LogP contribution in [-0.4, -0.2) is 22.2 Å². The third kappa shape index (κ3) is 13.4. The Morgan fingerprint density at radius 1 is 1.38 bits per heavy atom. The summed E-state index contributed by atoms with van der Waals surface area (Å²) in [6.07, 6.45) is 3.31. The summed E-state index contributed by atoms with van der Waals surface area (Å²) < 4.78 is 0. The van der Waals surface area contributed by atoms with Gasteiger partial charge in [-0.25, -0.2) is 9.59 Å². The summed E-state index contributed by atoms with van der Waals surface area (Å²) in [6, 6.07) is 0. The Bertz CT molecular complexity index is 216. The molecule has 0 amide bonds. The Morgan fingerprint density at radius 2 is 1.77 bits per heavy atom. The van der Waals surface area contributed by atoms with Crippen molar-refractivity contribution in [2.45, 2.75) is 20.3 Å². The predicted molar refractivity (Wildman–Crippen MR) is 49.5 cm³/mol. The molecule has 0 aliphatic carbocycles. The van der Waals surface area contributed by atoms with E-state index in [1.165, 1.54) is 0 Å². The molecule has 0 rings (SSSR count). The number of carboxylic acids is 2. The van der Waals surface area contributed by atoms with E-state index in [4.69, 9.17) is 10.2 Å². The zero-order chi connectivity index (χ0) is 10.9. The number of allylic oxidation sites excluding steroid dienone is 1. The standard InChI is InChI=1S/C6H10O2.C3H4O2/c1-3-4-5(2)6(7)8;1-2-3(4)5/h4H,3H2,1-2H3,(H,7,8);2H,1H2,(H,4,5). The molecule has 0 aliphatic heterocycles. The number of carbonyl (C=O) groups is 2. The van der Waals surface area contributed by atoms with Crippen molar-refractivity contribution in [3.05, 3.63) is 24.3 Å². The van der Waals surface area contributed by atoms with Crippen molar-refractivity contribution >= 4 is 11.9 Å². The molecule has 0 bridgehead atoms. The van der Waals surface area contributed by atoms with Crippen LogP contribution < -0.4 is 0 Å². The van der Waals surface area contributed by atoms with Gasteiger partial charge in [0.1, 0.15) is 0 Å². The average molecular weight is 186 g/mol. The van der Waals surface area contributed by atoms with E-state index < -0.39 is 11.9 Å². The summed E-state index contributed by atoms with van der Waals surface area (Å²) in [6.45, 7) is 6.46. The smallest absolute Gasteiger partial charge is 0.330 e. The third-order valence-electron chi connectivity index (χ3n) is 1.02. The first-order valence-corrected chi connectivity index (χ1v) is 3.71. The lowest BCUT2D eigenvalue weighted by molar-refractivity contribution is -0.133. The molecule has 0 atom stereocenters. The van der Waals surface area contributed by atoms with Gasteiger partial charge in [-0.3, -0.25) is 0 Å². The normalized spacial score (nSPS) is 9.54. The lowest BCUT2D eigenvalue weighted by atomic mass is 10.2. The SMILES string of the molecule is C=CC(=O)O.CCC=C(C)C(=O)O. The average Bonchev–Trinajstić information content (AvgIpc) is 2.06. The fourth-order valence-corrected chi connectivity index (χ4v) is 0.393. The van der Waals surface area contributed by atoms with Crippen LogP contribution >= 0.6 is 0 Å². The van der Waals surface area contributed by atoms with Gasteiger partial charge >= 0.3 is 11.9 Å². The van der Waals surface area contributed by atoms with Gasteiger partial charge in [0.05, 0.1) is 0 Å². The van der Waals surface area contributed by atoms with E-state index in [0.717, 1.165) is 12.5 Å². The number of rotatable bonds is 3. The Hall–Kier alpha value is -1.58. The van der Waals surface area contributed by atoms with Crippen molar-refractivity contribution in [2.24, 2.45) is 0 Å².